The van der Waals surface area contributed by atoms with Crippen LogP contribution < -0.4 is 14.8 Å². The molecule has 3 aromatic rings. The van der Waals surface area contributed by atoms with E-state index in [-0.39, 0.29) is 27.4 Å². The Morgan fingerprint density at radius 3 is 2.26 bits per heavy atom. The van der Waals surface area contributed by atoms with Gasteiger partial charge in [0, 0.05) is 15.7 Å². The largest absolute Gasteiger partial charge is 0.573 e. The number of anilines is 2. The Kier molecular flexibility index (Phi) is 7.17. The molecule has 0 aromatic heterocycles. The average Bonchev–Trinajstić information content (AvgIpc) is 2.75. The maximum absolute atomic E-state index is 12.7. The number of carboxylic acid groups (broad SMARTS) is 1. The molecule has 3 rings (SSSR count). The predicted molar refractivity (Wildman–Crippen MR) is 119 cm³/mol. The number of sulfonamides is 1. The fourth-order valence-corrected chi connectivity index (χ4v) is 4.21. The van der Waals surface area contributed by atoms with Crippen molar-refractivity contribution in [2.45, 2.75) is 11.3 Å². The lowest BCUT2D eigenvalue weighted by atomic mass is 10.1. The highest BCUT2D eigenvalue weighted by Gasteiger charge is 2.31. The lowest BCUT2D eigenvalue weighted by Crippen LogP contribution is -2.18. The van der Waals surface area contributed by atoms with Crippen LogP contribution in [0.1, 0.15) is 20.7 Å². The SMILES string of the molecule is O=C(Nc1ccc(Br)cc1C(=O)O)c1cccc(S(=O)(=O)Nc2ccc(OC(F)(F)F)cc2)c1. The maximum atomic E-state index is 12.7. The molecule has 0 aliphatic rings. The molecule has 34 heavy (non-hydrogen) atoms. The van der Waals surface area contributed by atoms with E-state index < -0.39 is 34.0 Å². The molecule has 8 nitrogen and oxygen atoms in total. The minimum Gasteiger partial charge on any atom is -0.478 e. The molecule has 0 spiro atoms. The molecule has 0 radical (unpaired) electrons. The normalized spacial score (nSPS) is 11.5. The molecule has 0 saturated heterocycles. The number of rotatable bonds is 7. The first kappa shape index (κ1) is 25.1. The summed E-state index contributed by atoms with van der Waals surface area (Å²) in [5.74, 6) is -2.55. The second kappa shape index (κ2) is 9.73. The fourth-order valence-electron chi connectivity index (χ4n) is 2.74. The van der Waals surface area contributed by atoms with E-state index in [0.717, 1.165) is 30.3 Å². The minimum absolute atomic E-state index is 0.00764. The molecular weight excluding hydrogens is 545 g/mol. The van der Waals surface area contributed by atoms with E-state index in [0.29, 0.717) is 4.47 Å². The molecular formula is C21H14BrF3N2O6S. The van der Waals surface area contributed by atoms with E-state index in [4.69, 9.17) is 0 Å². The number of carbonyl (C=O) groups excluding carboxylic acids is 1. The zero-order valence-corrected chi connectivity index (χ0v) is 19.2. The van der Waals surface area contributed by atoms with Gasteiger partial charge < -0.3 is 15.2 Å². The van der Waals surface area contributed by atoms with Crippen LogP contribution >= 0.6 is 15.9 Å². The third-order valence-electron chi connectivity index (χ3n) is 4.21. The van der Waals surface area contributed by atoms with Crippen molar-refractivity contribution in [3.8, 4) is 5.75 Å². The molecule has 0 atom stereocenters. The number of alkyl halides is 3. The summed E-state index contributed by atoms with van der Waals surface area (Å²) in [6.45, 7) is 0. The molecule has 178 valence electrons. The number of hydrogen-bond donors (Lipinski definition) is 3. The van der Waals surface area contributed by atoms with E-state index >= 15 is 0 Å². The molecule has 3 N–H and O–H groups in total. The van der Waals surface area contributed by atoms with Gasteiger partial charge in [-0.2, -0.15) is 0 Å². The molecule has 0 heterocycles. The zero-order chi connectivity index (χ0) is 25.1. The Labute approximate surface area is 199 Å². The van der Waals surface area contributed by atoms with Gasteiger partial charge in [-0.25, -0.2) is 13.2 Å². The van der Waals surface area contributed by atoms with Crippen LogP contribution in [0.5, 0.6) is 5.75 Å². The van der Waals surface area contributed by atoms with Gasteiger partial charge >= 0.3 is 12.3 Å². The third kappa shape index (κ3) is 6.48. The highest BCUT2D eigenvalue weighted by Crippen LogP contribution is 2.26. The van der Waals surface area contributed by atoms with Crippen molar-refractivity contribution in [2.75, 3.05) is 10.0 Å². The van der Waals surface area contributed by atoms with Crippen molar-refractivity contribution < 1.29 is 41.0 Å². The van der Waals surface area contributed by atoms with Crippen LogP contribution in [0.15, 0.2) is 76.1 Å². The number of halogens is 4. The first-order chi connectivity index (χ1) is 15.8. The molecule has 0 bridgehead atoms. The summed E-state index contributed by atoms with van der Waals surface area (Å²) in [6.07, 6.45) is -4.89. The number of carbonyl (C=O) groups is 2. The van der Waals surface area contributed by atoms with E-state index in [2.05, 4.69) is 30.7 Å². The lowest BCUT2D eigenvalue weighted by Gasteiger charge is -2.12. The molecule has 0 aliphatic carbocycles. The standard InChI is InChI=1S/C21H14BrF3N2O6S/c22-13-4-9-18(17(11-13)20(29)30)26-19(28)12-2-1-3-16(10-12)34(31,32)27-14-5-7-15(8-6-14)33-21(23,24)25/h1-11,27H,(H,26,28)(H,29,30). The van der Waals surface area contributed by atoms with Gasteiger partial charge in [0.25, 0.3) is 15.9 Å². The number of ether oxygens (including phenoxy) is 1. The number of carboxylic acids is 1. The first-order valence-corrected chi connectivity index (χ1v) is 11.4. The fraction of sp³-hybridized carbons (Fsp3) is 0.0476. The van der Waals surface area contributed by atoms with Crippen molar-refractivity contribution >= 4 is 49.2 Å². The van der Waals surface area contributed by atoms with Crippen molar-refractivity contribution in [2.24, 2.45) is 0 Å². The molecule has 0 saturated carbocycles. The number of amides is 1. The molecule has 13 heteroatoms. The summed E-state index contributed by atoms with van der Waals surface area (Å²) < 4.78 is 68.6. The smallest absolute Gasteiger partial charge is 0.478 e. The van der Waals surface area contributed by atoms with Crippen LogP contribution in [0.4, 0.5) is 24.5 Å². The number of nitrogens with one attached hydrogen (secondary N) is 2. The summed E-state index contributed by atoms with van der Waals surface area (Å²) in [7, 11) is -4.21. The van der Waals surface area contributed by atoms with E-state index in [1.54, 1.807) is 0 Å². The van der Waals surface area contributed by atoms with Gasteiger partial charge in [0.1, 0.15) is 5.75 Å². The summed E-state index contributed by atoms with van der Waals surface area (Å²) in [6, 6.07) is 13.2. The molecule has 0 fully saturated rings. The maximum Gasteiger partial charge on any atom is 0.573 e. The number of benzene rings is 3. The second-order valence-corrected chi connectivity index (χ2v) is 9.25. The average molecular weight is 559 g/mol. The molecule has 1 amide bonds. The summed E-state index contributed by atoms with van der Waals surface area (Å²) in [5, 5.41) is 11.7. The van der Waals surface area contributed by atoms with Crippen molar-refractivity contribution in [1.29, 1.82) is 0 Å². The Hall–Kier alpha value is -3.58. The third-order valence-corrected chi connectivity index (χ3v) is 6.08. The van der Waals surface area contributed by atoms with Gasteiger partial charge in [0.15, 0.2) is 0 Å². The summed E-state index contributed by atoms with van der Waals surface area (Å²) >= 11 is 3.14. The number of aromatic carboxylic acids is 1. The Balaban J connectivity index is 1.79. The van der Waals surface area contributed by atoms with Gasteiger partial charge in [-0.05, 0) is 60.7 Å². The molecule has 0 aliphatic heterocycles. The Morgan fingerprint density at radius 1 is 0.971 bits per heavy atom. The zero-order valence-electron chi connectivity index (χ0n) is 16.8. The second-order valence-electron chi connectivity index (χ2n) is 6.65. The Bertz CT molecular complexity index is 1350. The monoisotopic (exact) mass is 558 g/mol. The van der Waals surface area contributed by atoms with Gasteiger partial charge in [-0.3, -0.25) is 9.52 Å². The molecule has 3 aromatic carbocycles. The van der Waals surface area contributed by atoms with Gasteiger partial charge in [-0.1, -0.05) is 22.0 Å². The van der Waals surface area contributed by atoms with E-state index in [9.17, 15) is 36.3 Å². The van der Waals surface area contributed by atoms with Crippen molar-refractivity contribution in [3.63, 3.8) is 0 Å². The summed E-state index contributed by atoms with van der Waals surface area (Å²) in [5.41, 5.74) is -0.277. The van der Waals surface area contributed by atoms with Gasteiger partial charge in [0.05, 0.1) is 16.1 Å². The topological polar surface area (TPSA) is 122 Å². The highest BCUT2D eigenvalue weighted by atomic mass is 79.9. The van der Waals surface area contributed by atoms with Crippen molar-refractivity contribution in [3.05, 3.63) is 82.3 Å². The Morgan fingerprint density at radius 2 is 1.65 bits per heavy atom. The van der Waals surface area contributed by atoms with Gasteiger partial charge in [0.2, 0.25) is 0 Å². The quantitative estimate of drug-likeness (QED) is 0.371. The van der Waals surface area contributed by atoms with Crippen LogP contribution in [0.2, 0.25) is 0 Å². The highest BCUT2D eigenvalue weighted by molar-refractivity contribution is 9.10. The van der Waals surface area contributed by atoms with Crippen LogP contribution in [0, 0.1) is 0 Å². The van der Waals surface area contributed by atoms with Crippen LogP contribution in [0.3, 0.4) is 0 Å². The van der Waals surface area contributed by atoms with Gasteiger partial charge in [-0.15, -0.1) is 13.2 Å². The number of hydrogen-bond acceptors (Lipinski definition) is 5. The van der Waals surface area contributed by atoms with Crippen LogP contribution in [0.25, 0.3) is 0 Å². The van der Waals surface area contributed by atoms with E-state index in [1.165, 1.54) is 36.4 Å². The van der Waals surface area contributed by atoms with E-state index in [1.807, 2.05) is 0 Å². The first-order valence-electron chi connectivity index (χ1n) is 9.17. The van der Waals surface area contributed by atoms with Crippen molar-refractivity contribution in [1.82, 2.24) is 0 Å². The van der Waals surface area contributed by atoms with Crippen LogP contribution in [-0.4, -0.2) is 31.8 Å². The molecule has 0 unspecified atom stereocenters. The summed E-state index contributed by atoms with van der Waals surface area (Å²) in [4.78, 5) is 23.7. The minimum atomic E-state index is -4.89. The predicted octanol–water partition coefficient (Wildman–Crippen LogP) is 5.10. The lowest BCUT2D eigenvalue weighted by molar-refractivity contribution is -0.274. The van der Waals surface area contributed by atoms with Crippen LogP contribution in [-0.2, 0) is 10.0 Å².